The lowest BCUT2D eigenvalue weighted by Crippen LogP contribution is -2.45. The Morgan fingerprint density at radius 1 is 0.489 bits per heavy atom. The van der Waals surface area contributed by atoms with Crippen molar-refractivity contribution >= 4 is 5.91 Å². The second kappa shape index (κ2) is 39.6. The Labute approximate surface area is 295 Å². The van der Waals surface area contributed by atoms with Crippen molar-refractivity contribution in [1.29, 1.82) is 0 Å². The molecular weight excluding hydrogens is 578 g/mol. The van der Waals surface area contributed by atoms with Crippen LogP contribution in [0, 0.1) is 0 Å². The number of aliphatic hydroxyl groups excluding tert-OH is 2. The number of unbranched alkanes of at least 4 members (excludes halogenated alkanes) is 30. The Morgan fingerprint density at radius 3 is 1.17 bits per heavy atom. The molecule has 0 bridgehead atoms. The van der Waals surface area contributed by atoms with E-state index in [-0.39, 0.29) is 12.5 Å². The molecule has 1 amide bonds. The minimum atomic E-state index is -0.659. The van der Waals surface area contributed by atoms with Crippen LogP contribution in [0.25, 0.3) is 0 Å². The summed E-state index contributed by atoms with van der Waals surface area (Å²) in [5, 5.41) is 23.1. The fourth-order valence-corrected chi connectivity index (χ4v) is 6.71. The van der Waals surface area contributed by atoms with Crippen molar-refractivity contribution in [3.8, 4) is 0 Å². The fraction of sp³-hybridized carbons (Fsp3) is 0.930. The molecule has 0 fully saturated rings. The number of aliphatic hydroxyl groups is 2. The Morgan fingerprint density at radius 2 is 0.809 bits per heavy atom. The zero-order valence-electron chi connectivity index (χ0n) is 32.1. The van der Waals surface area contributed by atoms with Crippen LogP contribution >= 0.6 is 0 Å². The maximum absolute atomic E-state index is 12.4. The average molecular weight is 664 g/mol. The highest BCUT2D eigenvalue weighted by molar-refractivity contribution is 5.76. The van der Waals surface area contributed by atoms with E-state index in [1.54, 1.807) is 0 Å². The van der Waals surface area contributed by atoms with Gasteiger partial charge in [-0.2, -0.15) is 0 Å². The predicted molar refractivity (Wildman–Crippen MR) is 207 cm³/mol. The van der Waals surface area contributed by atoms with Crippen LogP contribution in [0.2, 0.25) is 0 Å². The van der Waals surface area contributed by atoms with Gasteiger partial charge in [0.25, 0.3) is 0 Å². The summed E-state index contributed by atoms with van der Waals surface area (Å²) in [4.78, 5) is 12.4. The molecule has 0 aliphatic carbocycles. The van der Waals surface area contributed by atoms with Crippen molar-refractivity contribution in [3.63, 3.8) is 0 Å². The summed E-state index contributed by atoms with van der Waals surface area (Å²) in [6.45, 7) is 4.37. The van der Waals surface area contributed by atoms with Gasteiger partial charge in [0, 0.05) is 6.42 Å². The van der Waals surface area contributed by atoms with E-state index in [1.165, 1.54) is 186 Å². The Balaban J connectivity index is 3.52. The van der Waals surface area contributed by atoms with Crippen LogP contribution in [0.1, 0.15) is 239 Å². The van der Waals surface area contributed by atoms with Gasteiger partial charge in [-0.15, -0.1) is 0 Å². The van der Waals surface area contributed by atoms with Crippen molar-refractivity contribution in [2.75, 3.05) is 6.61 Å². The molecule has 2 unspecified atom stereocenters. The lowest BCUT2D eigenvalue weighted by Gasteiger charge is -2.22. The van der Waals surface area contributed by atoms with Crippen molar-refractivity contribution < 1.29 is 15.0 Å². The molecule has 280 valence electrons. The highest BCUT2D eigenvalue weighted by Gasteiger charge is 2.19. The largest absolute Gasteiger partial charge is 0.394 e. The maximum Gasteiger partial charge on any atom is 0.220 e. The fourth-order valence-electron chi connectivity index (χ4n) is 6.71. The molecule has 0 spiro atoms. The van der Waals surface area contributed by atoms with Crippen LogP contribution in [0.4, 0.5) is 0 Å². The van der Waals surface area contributed by atoms with Gasteiger partial charge in [-0.25, -0.2) is 0 Å². The number of amides is 1. The summed E-state index contributed by atoms with van der Waals surface area (Å²) in [5.74, 6) is -0.0371. The summed E-state index contributed by atoms with van der Waals surface area (Å²) in [6, 6.07) is -0.536. The average Bonchev–Trinajstić information content (AvgIpc) is 3.07. The molecule has 4 heteroatoms. The number of carbonyl (C=O) groups excluding carboxylic acids is 1. The molecule has 0 aromatic carbocycles. The van der Waals surface area contributed by atoms with E-state index in [4.69, 9.17) is 0 Å². The van der Waals surface area contributed by atoms with Crippen LogP contribution in [-0.4, -0.2) is 34.9 Å². The quantitative estimate of drug-likeness (QED) is 0.0453. The Bertz CT molecular complexity index is 637. The van der Waals surface area contributed by atoms with Gasteiger partial charge in [0.15, 0.2) is 0 Å². The lowest BCUT2D eigenvalue weighted by atomic mass is 10.0. The lowest BCUT2D eigenvalue weighted by molar-refractivity contribution is -0.123. The standard InChI is InChI=1S/C43H85NO3/c1-3-5-7-9-11-13-15-17-19-21-23-25-27-29-31-33-35-37-39-43(47)44-41(40-45)42(46)38-36-34-32-30-28-26-24-22-20-18-16-14-12-10-8-6-4-2/h23,25,41-42,45-46H,3-22,24,26-40H2,1-2H3,(H,44,47)/b25-23-. The molecule has 0 aliphatic rings. The van der Waals surface area contributed by atoms with Crippen LogP contribution < -0.4 is 5.32 Å². The van der Waals surface area contributed by atoms with Crippen molar-refractivity contribution in [1.82, 2.24) is 5.32 Å². The summed E-state index contributed by atoms with van der Waals surface area (Å²) in [7, 11) is 0. The first-order chi connectivity index (χ1) is 23.2. The molecule has 0 saturated heterocycles. The molecule has 0 aromatic rings. The summed E-state index contributed by atoms with van der Waals surface area (Å²) in [6.07, 6.45) is 48.5. The number of hydrogen-bond donors (Lipinski definition) is 3. The number of allylic oxidation sites excluding steroid dienone is 2. The van der Waals surface area contributed by atoms with Crippen LogP contribution in [0.5, 0.6) is 0 Å². The molecule has 0 aromatic heterocycles. The Kier molecular flexibility index (Phi) is 38.8. The van der Waals surface area contributed by atoms with E-state index in [0.717, 1.165) is 25.7 Å². The smallest absolute Gasteiger partial charge is 0.220 e. The first-order valence-corrected chi connectivity index (χ1v) is 21.4. The molecule has 0 aliphatic heterocycles. The number of nitrogens with one attached hydrogen (secondary N) is 1. The Hall–Kier alpha value is -0.870. The van der Waals surface area contributed by atoms with Crippen molar-refractivity contribution in [2.45, 2.75) is 251 Å². The van der Waals surface area contributed by atoms with E-state index < -0.39 is 12.1 Å². The predicted octanol–water partition coefficient (Wildman–Crippen LogP) is 13.1. The van der Waals surface area contributed by atoms with Crippen molar-refractivity contribution in [2.24, 2.45) is 0 Å². The molecule has 0 heterocycles. The van der Waals surface area contributed by atoms with Crippen LogP contribution in [0.3, 0.4) is 0 Å². The van der Waals surface area contributed by atoms with E-state index >= 15 is 0 Å². The first kappa shape index (κ1) is 46.1. The normalized spacial score (nSPS) is 13.0. The van der Waals surface area contributed by atoms with E-state index in [9.17, 15) is 15.0 Å². The van der Waals surface area contributed by atoms with E-state index in [1.807, 2.05) is 0 Å². The second-order valence-electron chi connectivity index (χ2n) is 14.8. The highest BCUT2D eigenvalue weighted by Crippen LogP contribution is 2.16. The van der Waals surface area contributed by atoms with Crippen LogP contribution in [0.15, 0.2) is 12.2 Å². The molecule has 4 nitrogen and oxygen atoms in total. The molecule has 2 atom stereocenters. The van der Waals surface area contributed by atoms with Gasteiger partial charge in [0.1, 0.15) is 0 Å². The summed E-state index contributed by atoms with van der Waals surface area (Å²) in [5.41, 5.74) is 0. The molecular formula is C43H85NO3. The molecule has 0 radical (unpaired) electrons. The number of rotatable bonds is 39. The second-order valence-corrected chi connectivity index (χ2v) is 14.8. The molecule has 3 N–H and O–H groups in total. The maximum atomic E-state index is 12.4. The van der Waals surface area contributed by atoms with Crippen LogP contribution in [-0.2, 0) is 4.79 Å². The van der Waals surface area contributed by atoms with E-state index in [2.05, 4.69) is 31.3 Å². The number of carbonyl (C=O) groups is 1. The highest BCUT2D eigenvalue weighted by atomic mass is 16.3. The third-order valence-electron chi connectivity index (χ3n) is 10.0. The molecule has 0 saturated carbocycles. The van der Waals surface area contributed by atoms with Gasteiger partial charge in [-0.1, -0.05) is 206 Å². The molecule has 47 heavy (non-hydrogen) atoms. The van der Waals surface area contributed by atoms with Gasteiger partial charge in [0.05, 0.1) is 18.8 Å². The minimum Gasteiger partial charge on any atom is -0.394 e. The SMILES string of the molecule is CCCCCCCCCCC/C=C\CCCCCCCC(=O)NC(CO)C(O)CCCCCCCCCCCCCCCCCCC. The summed E-state index contributed by atoms with van der Waals surface area (Å²) >= 11 is 0. The topological polar surface area (TPSA) is 69.6 Å². The van der Waals surface area contributed by atoms with Crippen molar-refractivity contribution in [3.05, 3.63) is 12.2 Å². The van der Waals surface area contributed by atoms with Gasteiger partial charge >= 0.3 is 0 Å². The van der Waals surface area contributed by atoms with E-state index in [0.29, 0.717) is 12.8 Å². The zero-order chi connectivity index (χ0) is 34.3. The number of hydrogen-bond acceptors (Lipinski definition) is 3. The van der Waals surface area contributed by atoms with Gasteiger partial charge in [-0.3, -0.25) is 4.79 Å². The first-order valence-electron chi connectivity index (χ1n) is 21.4. The monoisotopic (exact) mass is 664 g/mol. The van der Waals surface area contributed by atoms with Gasteiger partial charge in [-0.05, 0) is 38.5 Å². The third-order valence-corrected chi connectivity index (χ3v) is 10.0. The minimum absolute atomic E-state index is 0.0371. The summed E-state index contributed by atoms with van der Waals surface area (Å²) < 4.78 is 0. The van der Waals surface area contributed by atoms with Gasteiger partial charge in [0.2, 0.25) is 5.91 Å². The zero-order valence-corrected chi connectivity index (χ0v) is 32.1. The van der Waals surface area contributed by atoms with Gasteiger partial charge < -0.3 is 15.5 Å². The molecule has 0 rings (SSSR count). The third kappa shape index (κ3) is 36.2.